The van der Waals surface area contributed by atoms with Crippen molar-refractivity contribution in [3.05, 3.63) is 35.9 Å². The number of hydrogen-bond donors (Lipinski definition) is 0. The molecule has 0 heterocycles. The quantitative estimate of drug-likeness (QED) is 0.360. The van der Waals surface area contributed by atoms with Crippen LogP contribution >= 0.6 is 0 Å². The molecule has 0 nitrogen and oxygen atoms in total. The van der Waals surface area contributed by atoms with Crippen LogP contribution in [0.4, 0.5) is 0 Å². The second kappa shape index (κ2) is 9.96. The van der Waals surface area contributed by atoms with E-state index in [1.165, 1.54) is 32.1 Å². The SMILES string of the molecule is CC(CC1CC([Si](C)(C)C2CC(C)C3C4CCCCC4CCC32)C2CCCCC12)c1ccccc1. The van der Waals surface area contributed by atoms with Gasteiger partial charge >= 0.3 is 0 Å². The summed E-state index contributed by atoms with van der Waals surface area (Å²) in [5.74, 6) is 9.29. The highest BCUT2D eigenvalue weighted by atomic mass is 28.3. The zero-order chi connectivity index (χ0) is 24.2. The average Bonchev–Trinajstić information content (AvgIpc) is 3.43. The molecule has 0 N–H and O–H groups in total. The molecule has 5 aliphatic carbocycles. The van der Waals surface area contributed by atoms with Crippen LogP contribution in [0.15, 0.2) is 30.3 Å². The maximum Gasteiger partial charge on any atom is 0.0541 e. The van der Waals surface area contributed by atoms with Crippen molar-refractivity contribution in [3.63, 3.8) is 0 Å². The zero-order valence-electron chi connectivity index (χ0n) is 23.4. The minimum absolute atomic E-state index is 0.727. The van der Waals surface area contributed by atoms with E-state index in [1.54, 1.807) is 56.9 Å². The van der Waals surface area contributed by atoms with Crippen LogP contribution < -0.4 is 0 Å². The third-order valence-electron chi connectivity index (χ3n) is 13.1. The van der Waals surface area contributed by atoms with E-state index < -0.39 is 8.07 Å². The lowest BCUT2D eigenvalue weighted by Crippen LogP contribution is -2.45. The van der Waals surface area contributed by atoms with Crippen LogP contribution in [0.25, 0.3) is 0 Å². The largest absolute Gasteiger partial charge is 0.0689 e. The van der Waals surface area contributed by atoms with Gasteiger partial charge in [-0.15, -0.1) is 0 Å². The molecule has 194 valence electrons. The predicted molar refractivity (Wildman–Crippen MR) is 153 cm³/mol. The fourth-order valence-electron chi connectivity index (χ4n) is 11.6. The van der Waals surface area contributed by atoms with Gasteiger partial charge in [-0.1, -0.05) is 95.8 Å². The van der Waals surface area contributed by atoms with Crippen molar-refractivity contribution in [2.45, 2.75) is 127 Å². The molecule has 0 saturated heterocycles. The van der Waals surface area contributed by atoms with Gasteiger partial charge in [0.05, 0.1) is 8.07 Å². The van der Waals surface area contributed by atoms with Crippen LogP contribution in [0.1, 0.15) is 109 Å². The Balaban J connectivity index is 1.22. The maximum absolute atomic E-state index is 2.92. The third-order valence-corrected chi connectivity index (χ3v) is 18.3. The highest BCUT2D eigenvalue weighted by Gasteiger charge is 2.58. The lowest BCUT2D eigenvalue weighted by atomic mass is 9.61. The lowest BCUT2D eigenvalue weighted by Gasteiger charge is -2.49. The van der Waals surface area contributed by atoms with E-state index in [1.807, 2.05) is 0 Å². The molecule has 5 saturated carbocycles. The van der Waals surface area contributed by atoms with Gasteiger partial charge in [0.2, 0.25) is 0 Å². The normalized spacial score (nSPS) is 44.3. The standard InChI is InChI=1S/C34H54Si/c1-23(25-12-6-5-7-13-25)20-27-22-33(30-17-11-10-15-28(27)30)35(3,4)32-21-24(2)34-29-16-9-8-14-26(29)18-19-31(32)34/h5-7,12-13,23-24,26-34H,8-11,14-22H2,1-4H3. The van der Waals surface area contributed by atoms with Crippen molar-refractivity contribution in [2.24, 2.45) is 47.3 Å². The molecular weight excluding hydrogens is 436 g/mol. The first kappa shape index (κ1) is 24.8. The Bertz CT molecular complexity index is 843. The Labute approximate surface area is 218 Å². The zero-order valence-corrected chi connectivity index (χ0v) is 24.4. The minimum atomic E-state index is -1.32. The van der Waals surface area contributed by atoms with Crippen molar-refractivity contribution >= 4 is 8.07 Å². The van der Waals surface area contributed by atoms with E-state index in [2.05, 4.69) is 57.3 Å². The first-order chi connectivity index (χ1) is 16.9. The van der Waals surface area contributed by atoms with Gasteiger partial charge in [0.15, 0.2) is 0 Å². The van der Waals surface area contributed by atoms with Gasteiger partial charge in [-0.3, -0.25) is 0 Å². The van der Waals surface area contributed by atoms with Gasteiger partial charge < -0.3 is 0 Å². The fourth-order valence-corrected chi connectivity index (χ4v) is 17.1. The Morgan fingerprint density at radius 3 is 2.17 bits per heavy atom. The highest BCUT2D eigenvalue weighted by molar-refractivity contribution is 6.80. The molecule has 0 radical (unpaired) electrons. The Hall–Kier alpha value is -0.563. The number of benzene rings is 1. The minimum Gasteiger partial charge on any atom is -0.0689 e. The van der Waals surface area contributed by atoms with Crippen molar-refractivity contribution in [1.29, 1.82) is 0 Å². The predicted octanol–water partition coefficient (Wildman–Crippen LogP) is 10.3. The van der Waals surface area contributed by atoms with E-state index in [9.17, 15) is 0 Å². The Morgan fingerprint density at radius 1 is 0.743 bits per heavy atom. The van der Waals surface area contributed by atoms with Crippen molar-refractivity contribution < 1.29 is 0 Å². The van der Waals surface area contributed by atoms with Crippen LogP contribution in [0.5, 0.6) is 0 Å². The molecule has 0 spiro atoms. The second-order valence-electron chi connectivity index (χ2n) is 14.9. The monoisotopic (exact) mass is 490 g/mol. The lowest BCUT2D eigenvalue weighted by molar-refractivity contribution is 0.0520. The van der Waals surface area contributed by atoms with Crippen LogP contribution in [0, 0.1) is 47.3 Å². The summed E-state index contributed by atoms with van der Waals surface area (Å²) in [5, 5.41) is 0. The molecule has 0 aromatic heterocycles. The van der Waals surface area contributed by atoms with E-state index in [0.717, 1.165) is 64.3 Å². The smallest absolute Gasteiger partial charge is 0.0541 e. The van der Waals surface area contributed by atoms with E-state index in [0.29, 0.717) is 0 Å². The highest BCUT2D eigenvalue weighted by Crippen LogP contribution is 2.66. The van der Waals surface area contributed by atoms with Crippen LogP contribution in [-0.4, -0.2) is 8.07 Å². The first-order valence-corrected chi connectivity index (χ1v) is 19.2. The summed E-state index contributed by atoms with van der Waals surface area (Å²) in [6.45, 7) is 11.1. The number of fused-ring (bicyclic) bond motifs is 4. The molecule has 1 aromatic rings. The van der Waals surface area contributed by atoms with E-state index in [-0.39, 0.29) is 0 Å². The average molecular weight is 491 g/mol. The molecule has 6 rings (SSSR count). The summed E-state index contributed by atoms with van der Waals surface area (Å²) < 4.78 is 0. The van der Waals surface area contributed by atoms with Crippen molar-refractivity contribution in [3.8, 4) is 0 Å². The summed E-state index contributed by atoms with van der Waals surface area (Å²) in [6.07, 6.45) is 20.2. The van der Waals surface area contributed by atoms with Gasteiger partial charge in [0.25, 0.3) is 0 Å². The molecule has 5 fully saturated rings. The topological polar surface area (TPSA) is 0 Å². The maximum atomic E-state index is 2.92. The van der Waals surface area contributed by atoms with Crippen LogP contribution in [-0.2, 0) is 0 Å². The molecule has 1 heteroatoms. The van der Waals surface area contributed by atoms with Gasteiger partial charge in [-0.25, -0.2) is 0 Å². The third kappa shape index (κ3) is 4.42. The number of rotatable bonds is 5. The van der Waals surface area contributed by atoms with E-state index >= 15 is 0 Å². The summed E-state index contributed by atoms with van der Waals surface area (Å²) in [7, 11) is -1.32. The summed E-state index contributed by atoms with van der Waals surface area (Å²) in [5.41, 5.74) is 3.82. The van der Waals surface area contributed by atoms with Crippen molar-refractivity contribution in [1.82, 2.24) is 0 Å². The molecule has 0 aliphatic heterocycles. The second-order valence-corrected chi connectivity index (χ2v) is 20.1. The molecule has 1 aromatic carbocycles. The Kier molecular flexibility index (Phi) is 7.04. The summed E-state index contributed by atoms with van der Waals surface area (Å²) >= 11 is 0. The van der Waals surface area contributed by atoms with Crippen LogP contribution in [0.3, 0.4) is 0 Å². The number of hydrogen-bond acceptors (Lipinski definition) is 0. The summed E-state index contributed by atoms with van der Waals surface area (Å²) in [4.78, 5) is 0. The molecule has 11 unspecified atom stereocenters. The molecule has 35 heavy (non-hydrogen) atoms. The molecular formula is C34H54Si. The van der Waals surface area contributed by atoms with E-state index in [4.69, 9.17) is 0 Å². The van der Waals surface area contributed by atoms with Gasteiger partial charge in [0.1, 0.15) is 0 Å². The molecule has 5 aliphatic rings. The molecule has 11 atom stereocenters. The van der Waals surface area contributed by atoms with Crippen LogP contribution in [0.2, 0.25) is 24.2 Å². The first-order valence-electron chi connectivity index (χ1n) is 16.0. The summed E-state index contributed by atoms with van der Waals surface area (Å²) in [6, 6.07) is 11.5. The Morgan fingerprint density at radius 2 is 1.40 bits per heavy atom. The molecule has 0 amide bonds. The van der Waals surface area contributed by atoms with Gasteiger partial charge in [0, 0.05) is 0 Å². The van der Waals surface area contributed by atoms with Gasteiger partial charge in [-0.2, -0.15) is 0 Å². The molecule has 0 bridgehead atoms. The van der Waals surface area contributed by atoms with Gasteiger partial charge in [-0.05, 0) is 115 Å². The fraction of sp³-hybridized carbons (Fsp3) is 0.824. The van der Waals surface area contributed by atoms with Crippen molar-refractivity contribution in [2.75, 3.05) is 0 Å².